The van der Waals surface area contributed by atoms with E-state index in [-0.39, 0.29) is 0 Å². The van der Waals surface area contributed by atoms with Crippen LogP contribution in [0.2, 0.25) is 0 Å². The number of hydrogen-bond donors (Lipinski definition) is 1. The predicted molar refractivity (Wildman–Crippen MR) is 73.9 cm³/mol. The Morgan fingerprint density at radius 1 is 1.32 bits per heavy atom. The number of alkyl halides is 2. The number of nitrogens with zero attached hydrogens (tertiary/aromatic N) is 6. The van der Waals surface area contributed by atoms with Gasteiger partial charge in [0, 0.05) is 31.3 Å². The summed E-state index contributed by atoms with van der Waals surface area (Å²) in [6.07, 6.45) is 3.28. The molecule has 1 aliphatic rings. The van der Waals surface area contributed by atoms with Crippen LogP contribution in [0.25, 0.3) is 17.0 Å². The van der Waals surface area contributed by atoms with Crippen LogP contribution >= 0.6 is 0 Å². The third kappa shape index (κ3) is 2.23. The first-order valence-electron chi connectivity index (χ1n) is 6.96. The summed E-state index contributed by atoms with van der Waals surface area (Å²) in [5.41, 5.74) is 2.98. The first-order chi connectivity index (χ1) is 10.7. The van der Waals surface area contributed by atoms with Gasteiger partial charge in [0.25, 0.3) is 6.43 Å². The fraction of sp³-hybridized carbons (Fsp3) is 0.385. The van der Waals surface area contributed by atoms with E-state index in [9.17, 15) is 8.78 Å². The van der Waals surface area contributed by atoms with Gasteiger partial charge in [-0.25, -0.2) is 28.1 Å². The van der Waals surface area contributed by atoms with E-state index >= 15 is 0 Å². The summed E-state index contributed by atoms with van der Waals surface area (Å²) in [5, 5.41) is 11.7. The Hall–Kier alpha value is -2.42. The molecule has 1 N–H and O–H groups in total. The van der Waals surface area contributed by atoms with Crippen molar-refractivity contribution in [2.75, 3.05) is 6.54 Å². The zero-order chi connectivity index (χ0) is 15.1. The molecule has 0 spiro atoms. The maximum absolute atomic E-state index is 12.6. The summed E-state index contributed by atoms with van der Waals surface area (Å²) < 4.78 is 28.0. The summed E-state index contributed by atoms with van der Waals surface area (Å²) >= 11 is 0. The molecule has 0 saturated heterocycles. The Balaban J connectivity index is 1.76. The quantitative estimate of drug-likeness (QED) is 0.779. The minimum Gasteiger partial charge on any atom is -0.312 e. The maximum atomic E-state index is 12.6. The van der Waals surface area contributed by atoms with E-state index < -0.39 is 13.0 Å². The highest BCUT2D eigenvalue weighted by molar-refractivity contribution is 5.69. The Labute approximate surface area is 124 Å². The first-order valence-corrected chi connectivity index (χ1v) is 6.96. The summed E-state index contributed by atoms with van der Waals surface area (Å²) in [4.78, 5) is 8.61. The lowest BCUT2D eigenvalue weighted by atomic mass is 10.1. The van der Waals surface area contributed by atoms with E-state index in [1.165, 1.54) is 10.9 Å². The maximum Gasteiger partial charge on any atom is 0.258 e. The number of nitrogens with one attached hydrogen (secondary N) is 1. The van der Waals surface area contributed by atoms with Crippen LogP contribution in [0.3, 0.4) is 0 Å². The van der Waals surface area contributed by atoms with Gasteiger partial charge in [-0.1, -0.05) is 0 Å². The molecule has 114 valence electrons. The van der Waals surface area contributed by atoms with Crippen LogP contribution in [0, 0.1) is 0 Å². The fourth-order valence-electron chi connectivity index (χ4n) is 2.57. The number of aromatic nitrogens is 6. The molecule has 7 nitrogen and oxygen atoms in total. The zero-order valence-electron chi connectivity index (χ0n) is 11.6. The SMILES string of the molecule is FC(F)Cn1ncc2ncc(-n3cc4c(n3)CCNC4)nc21. The van der Waals surface area contributed by atoms with E-state index in [0.29, 0.717) is 17.0 Å². The molecule has 0 aromatic carbocycles. The third-order valence-corrected chi connectivity index (χ3v) is 3.61. The van der Waals surface area contributed by atoms with Gasteiger partial charge in [-0.3, -0.25) is 0 Å². The number of hydrogen-bond acceptors (Lipinski definition) is 5. The van der Waals surface area contributed by atoms with E-state index in [2.05, 4.69) is 25.5 Å². The largest absolute Gasteiger partial charge is 0.312 e. The van der Waals surface area contributed by atoms with Gasteiger partial charge in [0.2, 0.25) is 0 Å². The predicted octanol–water partition coefficient (Wildman–Crippen LogP) is 0.923. The first kappa shape index (κ1) is 13.3. The van der Waals surface area contributed by atoms with Crippen LogP contribution in [0.15, 0.2) is 18.6 Å². The smallest absolute Gasteiger partial charge is 0.258 e. The van der Waals surface area contributed by atoms with Crippen LogP contribution in [0.1, 0.15) is 11.3 Å². The highest BCUT2D eigenvalue weighted by Crippen LogP contribution is 2.16. The van der Waals surface area contributed by atoms with Gasteiger partial charge in [-0.15, -0.1) is 0 Å². The minimum atomic E-state index is -2.49. The summed E-state index contributed by atoms with van der Waals surface area (Å²) in [6, 6.07) is 0. The van der Waals surface area contributed by atoms with Crippen LogP contribution in [-0.2, 0) is 19.5 Å². The Morgan fingerprint density at radius 2 is 2.23 bits per heavy atom. The topological polar surface area (TPSA) is 73.5 Å². The molecule has 3 aromatic heterocycles. The third-order valence-electron chi connectivity index (χ3n) is 3.61. The second kappa shape index (κ2) is 5.09. The van der Waals surface area contributed by atoms with Crippen molar-refractivity contribution in [3.8, 4) is 5.82 Å². The standard InChI is InChI=1S/C13H13F2N7/c14-11(15)7-22-13-10(4-18-22)17-5-12(19-13)21-6-8-3-16-2-1-9(8)20-21/h4-6,11,16H,1-3,7H2. The molecule has 0 unspecified atom stereocenters. The van der Waals surface area contributed by atoms with Gasteiger partial charge in [-0.05, 0) is 0 Å². The molecule has 0 saturated carbocycles. The van der Waals surface area contributed by atoms with Crippen molar-refractivity contribution in [1.29, 1.82) is 0 Å². The Morgan fingerprint density at radius 3 is 3.05 bits per heavy atom. The van der Waals surface area contributed by atoms with Crippen LogP contribution in [-0.4, -0.2) is 42.5 Å². The summed E-state index contributed by atoms with van der Waals surface area (Å²) in [5.74, 6) is 0.498. The van der Waals surface area contributed by atoms with Gasteiger partial charge >= 0.3 is 0 Å². The van der Waals surface area contributed by atoms with Crippen molar-refractivity contribution in [1.82, 2.24) is 34.8 Å². The molecular formula is C13H13F2N7. The lowest BCUT2D eigenvalue weighted by molar-refractivity contribution is 0.123. The molecule has 22 heavy (non-hydrogen) atoms. The molecule has 0 fully saturated rings. The minimum absolute atomic E-state index is 0.337. The number of rotatable bonds is 3. The van der Waals surface area contributed by atoms with Gasteiger partial charge in [0.1, 0.15) is 12.1 Å². The molecule has 3 aromatic rings. The van der Waals surface area contributed by atoms with Gasteiger partial charge in [-0.2, -0.15) is 10.2 Å². The average molecular weight is 305 g/mol. The molecule has 0 aliphatic carbocycles. The Bertz CT molecular complexity index is 800. The zero-order valence-corrected chi connectivity index (χ0v) is 11.6. The molecule has 0 atom stereocenters. The highest BCUT2D eigenvalue weighted by atomic mass is 19.3. The van der Waals surface area contributed by atoms with Crippen LogP contribution in [0.4, 0.5) is 8.78 Å². The molecular weight excluding hydrogens is 292 g/mol. The van der Waals surface area contributed by atoms with Gasteiger partial charge < -0.3 is 5.32 Å². The van der Waals surface area contributed by atoms with E-state index in [0.717, 1.165) is 30.8 Å². The van der Waals surface area contributed by atoms with Crippen molar-refractivity contribution in [3.05, 3.63) is 29.8 Å². The fourth-order valence-corrected chi connectivity index (χ4v) is 2.57. The van der Waals surface area contributed by atoms with Crippen LogP contribution < -0.4 is 5.32 Å². The summed E-state index contributed by atoms with van der Waals surface area (Å²) in [7, 11) is 0. The molecule has 0 radical (unpaired) electrons. The van der Waals surface area contributed by atoms with Crippen molar-refractivity contribution in [3.63, 3.8) is 0 Å². The lowest BCUT2D eigenvalue weighted by Crippen LogP contribution is -2.22. The molecule has 4 rings (SSSR count). The van der Waals surface area contributed by atoms with E-state index in [4.69, 9.17) is 0 Å². The second-order valence-electron chi connectivity index (χ2n) is 5.13. The van der Waals surface area contributed by atoms with Gasteiger partial charge in [0.05, 0.1) is 18.1 Å². The lowest BCUT2D eigenvalue weighted by Gasteiger charge is -2.09. The van der Waals surface area contributed by atoms with Crippen molar-refractivity contribution >= 4 is 11.2 Å². The molecule has 9 heteroatoms. The van der Waals surface area contributed by atoms with Gasteiger partial charge in [0.15, 0.2) is 11.5 Å². The molecule has 4 heterocycles. The normalized spacial score (nSPS) is 14.7. The van der Waals surface area contributed by atoms with E-state index in [1.807, 2.05) is 6.20 Å². The molecule has 0 bridgehead atoms. The van der Waals surface area contributed by atoms with Crippen molar-refractivity contribution in [2.24, 2.45) is 0 Å². The Kier molecular flexibility index (Phi) is 3.07. The van der Waals surface area contributed by atoms with Crippen molar-refractivity contribution in [2.45, 2.75) is 25.9 Å². The van der Waals surface area contributed by atoms with E-state index in [1.54, 1.807) is 10.9 Å². The molecule has 1 aliphatic heterocycles. The van der Waals surface area contributed by atoms with Crippen LogP contribution in [0.5, 0.6) is 0 Å². The summed E-state index contributed by atoms with van der Waals surface area (Å²) in [6.45, 7) is 1.17. The number of halogens is 2. The molecule has 0 amide bonds. The average Bonchev–Trinajstić information content (AvgIpc) is 3.10. The van der Waals surface area contributed by atoms with Crippen molar-refractivity contribution < 1.29 is 8.78 Å². The monoisotopic (exact) mass is 305 g/mol. The second-order valence-corrected chi connectivity index (χ2v) is 5.13. The highest BCUT2D eigenvalue weighted by Gasteiger charge is 2.16. The number of fused-ring (bicyclic) bond motifs is 2.